The molecule has 0 spiro atoms. The second-order valence-electron chi connectivity index (χ2n) is 2.57. The third-order valence-corrected chi connectivity index (χ3v) is 0. The average molecular weight is 657 g/mol. The first kappa shape index (κ1) is 42.0. The van der Waals surface area contributed by atoms with Crippen LogP contribution in [0.2, 0.25) is 0 Å². The summed E-state index contributed by atoms with van der Waals surface area (Å²) >= 11 is 0. The summed E-state index contributed by atoms with van der Waals surface area (Å²) in [5, 5.41) is 0. The first-order valence-corrected chi connectivity index (χ1v) is 11.7. The van der Waals surface area contributed by atoms with Crippen molar-refractivity contribution in [2.75, 3.05) is 0 Å². The molecule has 26 heteroatoms. The summed E-state index contributed by atoms with van der Waals surface area (Å²) in [6.45, 7) is 0. The normalized spacial score (nSPS) is 11.3. The molecule has 0 aliphatic rings. The van der Waals surface area contributed by atoms with Gasteiger partial charge in [0.15, 0.2) is 0 Å². The van der Waals surface area contributed by atoms with Crippen LogP contribution in [0.15, 0.2) is 0 Å². The van der Waals surface area contributed by atoms with E-state index in [0.29, 0.717) is 0 Å². The molecular weight excluding hydrogens is 642 g/mol. The van der Waals surface area contributed by atoms with Gasteiger partial charge in [0.2, 0.25) is 0 Å². The molecular formula is H15ErO20P5. The van der Waals surface area contributed by atoms with E-state index in [2.05, 4.69) is 0 Å². The van der Waals surface area contributed by atoms with E-state index in [1.807, 2.05) is 0 Å². The van der Waals surface area contributed by atoms with E-state index in [-0.39, 0.29) is 37.3 Å². The smallest absolute Gasteiger partial charge is 0.303 e. The second kappa shape index (κ2) is 17.6. The fourth-order valence-corrected chi connectivity index (χ4v) is 0. The van der Waals surface area contributed by atoms with Crippen LogP contribution >= 0.6 is 39.1 Å². The predicted octanol–water partition coefficient (Wildman–Crippen LogP) is -4.64. The number of rotatable bonds is 0. The maximum atomic E-state index is 8.88. The molecule has 15 N–H and O–H groups in total. The van der Waals surface area contributed by atoms with Crippen molar-refractivity contribution in [3.05, 3.63) is 0 Å². The Labute approximate surface area is 172 Å². The molecule has 0 fully saturated rings. The fraction of sp³-hybridized carbons (Fsp3) is 0. The molecule has 0 unspecified atom stereocenters. The van der Waals surface area contributed by atoms with Crippen molar-refractivity contribution >= 4 is 39.1 Å². The molecule has 0 aliphatic carbocycles. The molecule has 0 atom stereocenters. The molecule has 0 saturated carbocycles. The molecule has 0 aromatic rings. The van der Waals surface area contributed by atoms with E-state index in [1.165, 1.54) is 0 Å². The maximum Gasteiger partial charge on any atom is 0.466 e. The number of phosphoric acid groups is 5. The largest absolute Gasteiger partial charge is 0.466 e. The molecule has 0 saturated heterocycles. The summed E-state index contributed by atoms with van der Waals surface area (Å²) in [6, 6.07) is 0. The minimum atomic E-state index is -4.64. The summed E-state index contributed by atoms with van der Waals surface area (Å²) in [6.07, 6.45) is 0. The Morgan fingerprint density at radius 2 is 0.269 bits per heavy atom. The first-order valence-electron chi connectivity index (χ1n) is 3.91. The molecule has 0 amide bonds. The molecule has 172 valence electrons. The molecule has 0 bridgehead atoms. The third kappa shape index (κ3) is 4910. The number of hydrogen-bond donors (Lipinski definition) is 15. The van der Waals surface area contributed by atoms with Gasteiger partial charge in [-0.25, -0.2) is 22.8 Å². The van der Waals surface area contributed by atoms with Gasteiger partial charge in [-0.05, 0) is 0 Å². The summed E-state index contributed by atoms with van der Waals surface area (Å²) in [4.78, 5) is 108. The van der Waals surface area contributed by atoms with Gasteiger partial charge < -0.3 is 73.4 Å². The Bertz CT molecular complexity index is 371. The quantitative estimate of drug-likeness (QED) is 0.109. The summed E-state index contributed by atoms with van der Waals surface area (Å²) in [5.41, 5.74) is 0. The summed E-state index contributed by atoms with van der Waals surface area (Å²) < 4.78 is 44.4. The topological polar surface area (TPSA) is 389 Å². The van der Waals surface area contributed by atoms with Crippen molar-refractivity contribution in [1.29, 1.82) is 0 Å². The second-order valence-corrected chi connectivity index (χ2v) is 7.70. The van der Waals surface area contributed by atoms with Crippen molar-refractivity contribution in [2.45, 2.75) is 0 Å². The molecule has 0 aromatic heterocycles. The van der Waals surface area contributed by atoms with Gasteiger partial charge in [-0.2, -0.15) is 0 Å². The van der Waals surface area contributed by atoms with Crippen LogP contribution in [-0.2, 0) is 22.8 Å². The standard InChI is InChI=1S/Er.5H3O4P/c;5*1-5(2,3)4/h;5*(H3,1,2,3,4). The zero-order chi connectivity index (χ0) is 22.5. The van der Waals surface area contributed by atoms with Gasteiger partial charge in [-0.3, -0.25) is 0 Å². The van der Waals surface area contributed by atoms with Crippen LogP contribution in [-0.4, -0.2) is 73.4 Å². The molecule has 0 heterocycles. The van der Waals surface area contributed by atoms with Crippen LogP contribution in [0.5, 0.6) is 0 Å². The average Bonchev–Trinajstić information content (AvgIpc) is 1.79. The summed E-state index contributed by atoms with van der Waals surface area (Å²) in [7, 11) is -23.2. The van der Waals surface area contributed by atoms with Gasteiger partial charge in [0.05, 0.1) is 0 Å². The Morgan fingerprint density at radius 3 is 0.269 bits per heavy atom. The molecule has 26 heavy (non-hydrogen) atoms. The maximum absolute atomic E-state index is 8.88. The Hall–Kier alpha value is 1.80. The van der Waals surface area contributed by atoms with Gasteiger partial charge in [-0.1, -0.05) is 0 Å². The summed E-state index contributed by atoms with van der Waals surface area (Å²) in [5.74, 6) is 0. The first-order chi connectivity index (χ1) is 10.0. The van der Waals surface area contributed by atoms with Crippen LogP contribution in [0.1, 0.15) is 0 Å². The van der Waals surface area contributed by atoms with E-state index in [9.17, 15) is 0 Å². The van der Waals surface area contributed by atoms with Crippen LogP contribution in [0.25, 0.3) is 0 Å². The van der Waals surface area contributed by atoms with Gasteiger partial charge in [0.1, 0.15) is 0 Å². The van der Waals surface area contributed by atoms with E-state index in [4.69, 9.17) is 96.2 Å². The minimum Gasteiger partial charge on any atom is -0.303 e. The van der Waals surface area contributed by atoms with Crippen molar-refractivity contribution in [3.8, 4) is 0 Å². The predicted molar refractivity (Wildman–Crippen MR) is 71.3 cm³/mol. The van der Waals surface area contributed by atoms with Crippen LogP contribution in [0.4, 0.5) is 0 Å². The minimum absolute atomic E-state index is 0. The van der Waals surface area contributed by atoms with Crippen molar-refractivity contribution < 1.29 is 134 Å². The molecule has 0 aromatic carbocycles. The van der Waals surface area contributed by atoms with Gasteiger partial charge in [-0.15, -0.1) is 0 Å². The number of hydrogen-bond acceptors (Lipinski definition) is 5. The fourth-order valence-electron chi connectivity index (χ4n) is 0. The van der Waals surface area contributed by atoms with E-state index in [0.717, 1.165) is 0 Å². The Morgan fingerprint density at radius 1 is 0.269 bits per heavy atom. The van der Waals surface area contributed by atoms with E-state index >= 15 is 0 Å². The third-order valence-electron chi connectivity index (χ3n) is 0. The zero-order valence-corrected chi connectivity index (χ0v) is 17.6. The van der Waals surface area contributed by atoms with Crippen LogP contribution in [0, 0.1) is 37.3 Å². The molecule has 0 rings (SSSR count). The van der Waals surface area contributed by atoms with E-state index < -0.39 is 39.1 Å². The molecule has 20 nitrogen and oxygen atoms in total. The molecule has 0 radical (unpaired) electrons. The van der Waals surface area contributed by atoms with Crippen molar-refractivity contribution in [3.63, 3.8) is 0 Å². The van der Waals surface area contributed by atoms with Gasteiger partial charge >= 0.3 is 39.1 Å². The van der Waals surface area contributed by atoms with Crippen LogP contribution in [0.3, 0.4) is 0 Å². The molecule has 0 aliphatic heterocycles. The SMILES string of the molecule is O=P(O)(O)O.O=P(O)(O)O.O=P(O)(O)O.O=P(O)(O)O.O=P(O)(O)O.[Er]. The zero-order valence-electron chi connectivity index (χ0n) is 11.3. The monoisotopic (exact) mass is 656 g/mol. The van der Waals surface area contributed by atoms with Crippen molar-refractivity contribution in [1.82, 2.24) is 0 Å². The van der Waals surface area contributed by atoms with E-state index in [1.54, 1.807) is 0 Å². The Balaban J connectivity index is -0.0000000476. The van der Waals surface area contributed by atoms with Crippen LogP contribution < -0.4 is 0 Å². The van der Waals surface area contributed by atoms with Crippen molar-refractivity contribution in [2.24, 2.45) is 0 Å². The van der Waals surface area contributed by atoms with Gasteiger partial charge in [0, 0.05) is 37.3 Å². The Kier molecular flexibility index (Phi) is 28.5. The van der Waals surface area contributed by atoms with Gasteiger partial charge in [0.25, 0.3) is 0 Å².